The lowest BCUT2D eigenvalue weighted by molar-refractivity contribution is -0.137. The molecule has 4 amide bonds. The Labute approximate surface area is 253 Å². The van der Waals surface area contributed by atoms with E-state index in [0.29, 0.717) is 11.4 Å². The lowest BCUT2D eigenvalue weighted by Gasteiger charge is -2.13. The molecule has 222 valence electrons. The van der Waals surface area contributed by atoms with Gasteiger partial charge in [0.2, 0.25) is 0 Å². The summed E-state index contributed by atoms with van der Waals surface area (Å²) in [6.07, 6.45) is -3.40. The Hall–Kier alpha value is -5.02. The zero-order valence-electron chi connectivity index (χ0n) is 21.3. The molecule has 3 aromatic carbocycles. The van der Waals surface area contributed by atoms with Crippen molar-refractivity contribution in [2.24, 2.45) is 0 Å². The van der Waals surface area contributed by atoms with Crippen LogP contribution in [0, 0.1) is 0 Å². The molecule has 1 aromatic heterocycles. The molecular formula is C27H18BrClF3N5O6. The molecule has 0 radical (unpaired) electrons. The van der Waals surface area contributed by atoms with Gasteiger partial charge < -0.3 is 25.6 Å². The summed E-state index contributed by atoms with van der Waals surface area (Å²) in [5, 5.41) is 23.7. The minimum absolute atomic E-state index is 0.00521. The molecule has 4 rings (SSSR count). The van der Waals surface area contributed by atoms with E-state index in [1.54, 1.807) is 0 Å². The fraction of sp³-hybridized carbons (Fsp3) is 0.0370. The zero-order valence-corrected chi connectivity index (χ0v) is 23.6. The number of nitrogens with zero attached hydrogens (tertiary/aromatic N) is 1. The van der Waals surface area contributed by atoms with E-state index in [0.717, 1.165) is 24.3 Å². The molecule has 4 aromatic rings. The minimum Gasteiger partial charge on any atom is -0.507 e. The predicted octanol–water partition coefficient (Wildman–Crippen LogP) is 6.44. The number of carbonyl (C=O) groups excluding carboxylic acids is 3. The van der Waals surface area contributed by atoms with E-state index < -0.39 is 34.6 Å². The molecule has 0 unspecified atom stereocenters. The van der Waals surface area contributed by atoms with Crippen LogP contribution in [0.5, 0.6) is 23.0 Å². The van der Waals surface area contributed by atoms with Crippen molar-refractivity contribution in [1.29, 1.82) is 0 Å². The van der Waals surface area contributed by atoms with Crippen molar-refractivity contribution in [2.75, 3.05) is 10.6 Å². The average Bonchev–Trinajstić information content (AvgIpc) is 2.95. The van der Waals surface area contributed by atoms with Crippen molar-refractivity contribution >= 4 is 56.8 Å². The average molecular weight is 681 g/mol. The number of hydrogen-bond acceptors (Lipinski definition) is 7. The first-order chi connectivity index (χ1) is 20.3. The SMILES string of the molecule is O=C(Nc1ccc(Oc2ccnc(C(=O)NNC(=O)c3cc(O)c(Br)c(O)c3)c2)cc1)Nc1ccc(Cl)c(C(F)(F)F)c1. The molecular weight excluding hydrogens is 663 g/mol. The van der Waals surface area contributed by atoms with Crippen molar-refractivity contribution in [3.05, 3.63) is 99.2 Å². The number of phenolic OH excluding ortho intramolecular Hbond substituents is 2. The van der Waals surface area contributed by atoms with Crippen molar-refractivity contribution in [3.63, 3.8) is 0 Å². The van der Waals surface area contributed by atoms with Crippen LogP contribution in [0.3, 0.4) is 0 Å². The Morgan fingerprint density at radius 1 is 0.814 bits per heavy atom. The first kappa shape index (κ1) is 30.9. The fourth-order valence-corrected chi connectivity index (χ4v) is 3.88. The predicted molar refractivity (Wildman–Crippen MR) is 152 cm³/mol. The highest BCUT2D eigenvalue weighted by atomic mass is 79.9. The van der Waals surface area contributed by atoms with Gasteiger partial charge in [0, 0.05) is 29.2 Å². The number of halogens is 5. The third kappa shape index (κ3) is 8.05. The van der Waals surface area contributed by atoms with E-state index in [4.69, 9.17) is 16.3 Å². The lowest BCUT2D eigenvalue weighted by atomic mass is 10.2. The maximum absolute atomic E-state index is 13.0. The Bertz CT molecular complexity index is 1680. The normalized spacial score (nSPS) is 10.9. The van der Waals surface area contributed by atoms with Crippen LogP contribution in [0.25, 0.3) is 0 Å². The zero-order chi connectivity index (χ0) is 31.3. The van der Waals surface area contributed by atoms with Crippen molar-refractivity contribution < 1.29 is 42.5 Å². The molecule has 0 saturated carbocycles. The largest absolute Gasteiger partial charge is 0.507 e. The quantitative estimate of drug-likeness (QED) is 0.128. The highest BCUT2D eigenvalue weighted by Crippen LogP contribution is 2.36. The molecule has 0 aliphatic rings. The Morgan fingerprint density at radius 3 is 2.07 bits per heavy atom. The summed E-state index contributed by atoms with van der Waals surface area (Å²) in [6, 6.07) is 13.0. The van der Waals surface area contributed by atoms with E-state index >= 15 is 0 Å². The minimum atomic E-state index is -4.69. The monoisotopic (exact) mass is 679 g/mol. The number of carbonyl (C=O) groups is 3. The maximum atomic E-state index is 13.0. The number of amides is 4. The molecule has 0 aliphatic heterocycles. The second-order valence-corrected chi connectivity index (χ2v) is 9.71. The Balaban J connectivity index is 1.32. The van der Waals surface area contributed by atoms with E-state index in [1.807, 2.05) is 0 Å². The van der Waals surface area contributed by atoms with Gasteiger partial charge in [-0.1, -0.05) is 11.6 Å². The number of hydrazine groups is 1. The topological polar surface area (TPSA) is 162 Å². The van der Waals surface area contributed by atoms with Gasteiger partial charge in [0.25, 0.3) is 11.8 Å². The second kappa shape index (κ2) is 12.9. The van der Waals surface area contributed by atoms with Gasteiger partial charge in [0.1, 0.15) is 33.2 Å². The van der Waals surface area contributed by atoms with Gasteiger partial charge in [-0.2, -0.15) is 13.2 Å². The van der Waals surface area contributed by atoms with Crippen LogP contribution in [0.1, 0.15) is 26.4 Å². The molecule has 1 heterocycles. The Kier molecular flexibility index (Phi) is 9.26. The second-order valence-electron chi connectivity index (χ2n) is 8.51. The number of alkyl halides is 3. The van der Waals surface area contributed by atoms with Gasteiger partial charge in [-0.25, -0.2) is 4.79 Å². The van der Waals surface area contributed by atoms with E-state index in [1.165, 1.54) is 48.7 Å². The first-order valence-corrected chi connectivity index (χ1v) is 13.0. The smallest absolute Gasteiger partial charge is 0.417 e. The number of urea groups is 1. The number of benzene rings is 3. The van der Waals surface area contributed by atoms with Gasteiger partial charge >= 0.3 is 12.2 Å². The number of rotatable bonds is 6. The van der Waals surface area contributed by atoms with Gasteiger partial charge in [0.05, 0.1) is 10.6 Å². The standard InChI is InChI=1S/C27H18BrClF3N5O6/c28-23-21(38)9-13(10-22(23)39)24(40)36-37-25(41)20-12-17(7-8-33-20)43-16-4-1-14(2-5-16)34-26(42)35-15-3-6-19(29)18(11-15)27(30,31)32/h1-12,38-39H,(H,36,40)(H,37,41)(H2,34,35,42). The summed E-state index contributed by atoms with van der Waals surface area (Å²) >= 11 is 8.53. The van der Waals surface area contributed by atoms with Crippen LogP contribution >= 0.6 is 27.5 Å². The van der Waals surface area contributed by atoms with Gasteiger partial charge in [-0.05, 0) is 76.6 Å². The Morgan fingerprint density at radius 2 is 1.42 bits per heavy atom. The summed E-state index contributed by atoms with van der Waals surface area (Å²) in [5.74, 6) is -1.86. The summed E-state index contributed by atoms with van der Waals surface area (Å²) in [4.78, 5) is 40.9. The van der Waals surface area contributed by atoms with Crippen LogP contribution in [0.2, 0.25) is 5.02 Å². The third-order valence-corrected chi connectivity index (χ3v) is 6.57. The van der Waals surface area contributed by atoms with E-state index in [-0.39, 0.29) is 38.7 Å². The highest BCUT2D eigenvalue weighted by molar-refractivity contribution is 9.10. The molecule has 0 fully saturated rings. The summed E-state index contributed by atoms with van der Waals surface area (Å²) in [6.45, 7) is 0. The molecule has 0 spiro atoms. The van der Waals surface area contributed by atoms with Crippen molar-refractivity contribution in [1.82, 2.24) is 15.8 Å². The summed E-state index contributed by atoms with van der Waals surface area (Å²) in [7, 11) is 0. The summed E-state index contributed by atoms with van der Waals surface area (Å²) in [5.41, 5.74) is 3.15. The molecule has 0 aliphatic carbocycles. The van der Waals surface area contributed by atoms with Crippen LogP contribution in [0.4, 0.5) is 29.3 Å². The number of pyridine rings is 1. The number of hydrogen-bond donors (Lipinski definition) is 6. The maximum Gasteiger partial charge on any atom is 0.417 e. The van der Waals surface area contributed by atoms with Crippen molar-refractivity contribution in [2.45, 2.75) is 6.18 Å². The molecule has 6 N–H and O–H groups in total. The number of aromatic hydroxyl groups is 2. The van der Waals surface area contributed by atoms with Crippen LogP contribution in [0.15, 0.2) is 77.4 Å². The molecule has 0 atom stereocenters. The number of anilines is 2. The van der Waals surface area contributed by atoms with Gasteiger partial charge in [-0.3, -0.25) is 25.4 Å². The van der Waals surface area contributed by atoms with Crippen LogP contribution in [-0.2, 0) is 6.18 Å². The number of phenols is 2. The number of ether oxygens (including phenoxy) is 1. The number of nitrogens with one attached hydrogen (secondary N) is 4. The van der Waals surface area contributed by atoms with Gasteiger partial charge in [-0.15, -0.1) is 0 Å². The molecule has 43 heavy (non-hydrogen) atoms. The third-order valence-electron chi connectivity index (χ3n) is 5.43. The first-order valence-electron chi connectivity index (χ1n) is 11.8. The molecule has 11 nitrogen and oxygen atoms in total. The molecule has 0 bridgehead atoms. The molecule has 0 saturated heterocycles. The fourth-order valence-electron chi connectivity index (χ4n) is 3.43. The van der Waals surface area contributed by atoms with Crippen molar-refractivity contribution in [3.8, 4) is 23.0 Å². The van der Waals surface area contributed by atoms with E-state index in [2.05, 4.69) is 42.4 Å². The molecule has 16 heteroatoms. The van der Waals surface area contributed by atoms with E-state index in [9.17, 15) is 37.8 Å². The van der Waals surface area contributed by atoms with Crippen LogP contribution < -0.4 is 26.2 Å². The van der Waals surface area contributed by atoms with Gasteiger partial charge in [0.15, 0.2) is 0 Å². The lowest BCUT2D eigenvalue weighted by Crippen LogP contribution is -2.41. The van der Waals surface area contributed by atoms with Crippen LogP contribution in [-0.4, -0.2) is 33.0 Å². The number of aromatic nitrogens is 1. The summed E-state index contributed by atoms with van der Waals surface area (Å²) < 4.78 is 44.8. The highest BCUT2D eigenvalue weighted by Gasteiger charge is 2.33.